The van der Waals surface area contributed by atoms with Crippen molar-refractivity contribution in [2.45, 2.75) is 50.3 Å². The van der Waals surface area contributed by atoms with Crippen LogP contribution in [-0.4, -0.2) is 52.4 Å². The Hall–Kier alpha value is -1.83. The lowest BCUT2D eigenvalue weighted by Crippen LogP contribution is -2.58. The summed E-state index contributed by atoms with van der Waals surface area (Å²) in [7, 11) is 0. The van der Waals surface area contributed by atoms with Crippen LogP contribution in [0.25, 0.3) is 0 Å². The highest BCUT2D eigenvalue weighted by molar-refractivity contribution is 6.31. The molecule has 0 amide bonds. The van der Waals surface area contributed by atoms with E-state index in [1.807, 2.05) is 24.3 Å². The second kappa shape index (κ2) is 7.78. The van der Waals surface area contributed by atoms with Gasteiger partial charge in [0.1, 0.15) is 36.8 Å². The number of benzene rings is 2. The molecular weight excluding hydrogens is 394 g/mol. The van der Waals surface area contributed by atoms with Crippen molar-refractivity contribution in [3.8, 4) is 5.75 Å². The van der Waals surface area contributed by atoms with Crippen molar-refractivity contribution < 1.29 is 24.8 Å². The number of aliphatic hydroxyl groups is 3. The zero-order chi connectivity index (χ0) is 20.8. The number of fused-ring (bicyclic) bond motifs is 1. The van der Waals surface area contributed by atoms with Gasteiger partial charge in [0.15, 0.2) is 0 Å². The van der Waals surface area contributed by atoms with E-state index in [1.165, 1.54) is 0 Å². The van der Waals surface area contributed by atoms with Gasteiger partial charge in [0.2, 0.25) is 0 Å². The number of aliphatic hydroxyl groups excluding tert-OH is 3. The Labute approximate surface area is 175 Å². The molecule has 4 atom stereocenters. The molecule has 1 fully saturated rings. The van der Waals surface area contributed by atoms with Crippen LogP contribution in [-0.2, 0) is 11.2 Å². The maximum absolute atomic E-state index is 10.5. The third-order valence-corrected chi connectivity index (χ3v) is 6.01. The Morgan fingerprint density at radius 2 is 1.90 bits per heavy atom. The Bertz CT molecular complexity index is 903. The largest absolute Gasteiger partial charge is 0.490 e. The van der Waals surface area contributed by atoms with E-state index in [1.54, 1.807) is 26.0 Å². The predicted molar refractivity (Wildman–Crippen MR) is 111 cm³/mol. The van der Waals surface area contributed by atoms with Crippen LogP contribution in [0.4, 0.5) is 5.69 Å². The fourth-order valence-electron chi connectivity index (χ4n) is 3.93. The normalized spacial score (nSPS) is 28.2. The molecule has 0 bridgehead atoms. The molecule has 29 heavy (non-hydrogen) atoms. The van der Waals surface area contributed by atoms with Crippen LogP contribution in [0, 0.1) is 0 Å². The summed E-state index contributed by atoms with van der Waals surface area (Å²) in [6.45, 7) is 4.81. The van der Waals surface area contributed by atoms with Gasteiger partial charge >= 0.3 is 0 Å². The van der Waals surface area contributed by atoms with Crippen LogP contribution in [0.2, 0.25) is 5.02 Å². The summed E-state index contributed by atoms with van der Waals surface area (Å²) < 4.78 is 11.6. The van der Waals surface area contributed by atoms with E-state index in [2.05, 4.69) is 5.32 Å². The molecule has 0 unspecified atom stereocenters. The number of nitrogens with one attached hydrogen (secondary N) is 1. The summed E-state index contributed by atoms with van der Waals surface area (Å²) in [5.41, 5.74) is 2.63. The number of rotatable bonds is 3. The lowest BCUT2D eigenvalue weighted by atomic mass is 9.85. The van der Waals surface area contributed by atoms with Gasteiger partial charge in [-0.25, -0.2) is 0 Å². The molecule has 2 heterocycles. The summed E-state index contributed by atoms with van der Waals surface area (Å²) in [6.07, 6.45) is -3.88. The number of ether oxygens (including phenoxy) is 2. The number of hydrogen-bond donors (Lipinski definition) is 4. The first-order valence-electron chi connectivity index (χ1n) is 9.76. The summed E-state index contributed by atoms with van der Waals surface area (Å²) in [5.74, 6) is 0.841. The van der Waals surface area contributed by atoms with Gasteiger partial charge in [-0.15, -0.1) is 0 Å². The Morgan fingerprint density at radius 3 is 2.69 bits per heavy atom. The molecule has 2 aliphatic rings. The second-order valence-corrected chi connectivity index (χ2v) is 8.61. The molecule has 4 rings (SSSR count). The average Bonchev–Trinajstić information content (AvgIpc) is 2.71. The van der Waals surface area contributed by atoms with Gasteiger partial charge in [0.05, 0.1) is 11.3 Å². The molecule has 6 nitrogen and oxygen atoms in total. The van der Waals surface area contributed by atoms with E-state index in [-0.39, 0.29) is 0 Å². The zero-order valence-electron chi connectivity index (χ0n) is 16.4. The first kappa shape index (κ1) is 20.4. The predicted octanol–water partition coefficient (Wildman–Crippen LogP) is 2.67. The molecule has 0 aromatic heterocycles. The second-order valence-electron chi connectivity index (χ2n) is 8.20. The van der Waals surface area contributed by atoms with Gasteiger partial charge < -0.3 is 30.1 Å². The highest BCUT2D eigenvalue weighted by Gasteiger charge is 2.48. The van der Waals surface area contributed by atoms with E-state index < -0.39 is 30.0 Å². The third kappa shape index (κ3) is 3.96. The molecule has 0 aliphatic carbocycles. The highest BCUT2D eigenvalue weighted by Crippen LogP contribution is 2.39. The quantitative estimate of drug-likeness (QED) is 0.611. The topological polar surface area (TPSA) is 91.2 Å². The van der Waals surface area contributed by atoms with E-state index in [4.69, 9.17) is 21.1 Å². The van der Waals surface area contributed by atoms with E-state index in [0.29, 0.717) is 23.6 Å². The van der Waals surface area contributed by atoms with Crippen molar-refractivity contribution in [3.05, 3.63) is 58.1 Å². The van der Waals surface area contributed by atoms with Crippen LogP contribution in [0.15, 0.2) is 36.4 Å². The first-order valence-corrected chi connectivity index (χ1v) is 10.1. The van der Waals surface area contributed by atoms with Crippen molar-refractivity contribution in [2.24, 2.45) is 0 Å². The number of hydrogen-bond acceptors (Lipinski definition) is 6. The molecule has 2 aromatic carbocycles. The van der Waals surface area contributed by atoms with Crippen LogP contribution in [0.3, 0.4) is 0 Å². The Morgan fingerprint density at radius 1 is 1.10 bits per heavy atom. The van der Waals surface area contributed by atoms with Crippen LogP contribution in [0.1, 0.15) is 36.6 Å². The molecule has 2 aromatic rings. The molecule has 0 saturated carbocycles. The molecule has 0 spiro atoms. The number of halogens is 1. The van der Waals surface area contributed by atoms with Crippen molar-refractivity contribution >= 4 is 17.3 Å². The van der Waals surface area contributed by atoms with Gasteiger partial charge in [0, 0.05) is 11.6 Å². The van der Waals surface area contributed by atoms with Crippen LogP contribution < -0.4 is 10.1 Å². The monoisotopic (exact) mass is 419 g/mol. The SMILES string of the molecule is CC1(C)O[C@@H](c2ccc(Cl)c(Cc3ccc4c(c3)NCCO4)c2)[C@H](O)[C@@H](O)[C@@H]1O. The van der Waals surface area contributed by atoms with Crippen LogP contribution in [0.5, 0.6) is 5.75 Å². The Balaban J connectivity index is 1.61. The third-order valence-electron chi connectivity index (χ3n) is 5.64. The van der Waals surface area contributed by atoms with Crippen molar-refractivity contribution in [1.29, 1.82) is 0 Å². The van der Waals surface area contributed by atoms with Gasteiger partial charge in [-0.1, -0.05) is 29.8 Å². The fourth-order valence-corrected chi connectivity index (χ4v) is 4.12. The molecule has 0 radical (unpaired) electrons. The standard InChI is InChI=1S/C22H26ClNO5/c1-22(2)21(27)19(26)18(25)20(29-22)13-4-5-15(23)14(11-13)9-12-3-6-17-16(10-12)24-7-8-28-17/h3-6,10-11,18-21,24-27H,7-9H2,1-2H3/t18-,19-,20+,21+/m1/s1. The van der Waals surface area contributed by atoms with Gasteiger partial charge in [0.25, 0.3) is 0 Å². The molecule has 4 N–H and O–H groups in total. The lowest BCUT2D eigenvalue weighted by Gasteiger charge is -2.45. The minimum atomic E-state index is -1.30. The lowest BCUT2D eigenvalue weighted by molar-refractivity contribution is -0.259. The van der Waals surface area contributed by atoms with Gasteiger partial charge in [-0.3, -0.25) is 0 Å². The number of anilines is 1. The van der Waals surface area contributed by atoms with Crippen LogP contribution >= 0.6 is 11.6 Å². The summed E-state index contributed by atoms with van der Waals surface area (Å²) in [6, 6.07) is 11.4. The summed E-state index contributed by atoms with van der Waals surface area (Å²) in [5, 5.41) is 34.8. The smallest absolute Gasteiger partial charge is 0.142 e. The van der Waals surface area contributed by atoms with Crippen molar-refractivity contribution in [2.75, 3.05) is 18.5 Å². The maximum Gasteiger partial charge on any atom is 0.142 e. The zero-order valence-corrected chi connectivity index (χ0v) is 17.2. The first-order chi connectivity index (χ1) is 13.8. The molecule has 2 aliphatic heterocycles. The van der Waals surface area contributed by atoms with E-state index >= 15 is 0 Å². The minimum absolute atomic E-state index is 0.596. The van der Waals surface area contributed by atoms with Crippen molar-refractivity contribution in [3.63, 3.8) is 0 Å². The van der Waals surface area contributed by atoms with E-state index in [9.17, 15) is 15.3 Å². The molecule has 7 heteroatoms. The van der Waals surface area contributed by atoms with Gasteiger partial charge in [-0.2, -0.15) is 0 Å². The van der Waals surface area contributed by atoms with E-state index in [0.717, 1.165) is 29.1 Å². The summed E-state index contributed by atoms with van der Waals surface area (Å²) >= 11 is 6.44. The van der Waals surface area contributed by atoms with Crippen molar-refractivity contribution in [1.82, 2.24) is 0 Å². The van der Waals surface area contributed by atoms with Gasteiger partial charge in [-0.05, 0) is 55.2 Å². The molecule has 1 saturated heterocycles. The maximum atomic E-state index is 10.5. The molecular formula is C22H26ClNO5. The fraction of sp³-hybridized carbons (Fsp3) is 0.455. The summed E-state index contributed by atoms with van der Waals surface area (Å²) in [4.78, 5) is 0. The average molecular weight is 420 g/mol. The Kier molecular flexibility index (Phi) is 5.48. The molecule has 156 valence electrons. The minimum Gasteiger partial charge on any atom is -0.490 e. The highest BCUT2D eigenvalue weighted by atomic mass is 35.5.